The fraction of sp³-hybridized carbons (Fsp3) is 0.200. The summed E-state index contributed by atoms with van der Waals surface area (Å²) in [7, 11) is 1.81. The first kappa shape index (κ1) is 16.2. The summed E-state index contributed by atoms with van der Waals surface area (Å²) in [6, 6.07) is 13.2. The number of benzene rings is 2. The minimum atomic E-state index is -0.0219. The van der Waals surface area contributed by atoms with Crippen LogP contribution in [0.5, 0.6) is 11.5 Å². The Balaban J connectivity index is 1.65. The van der Waals surface area contributed by atoms with Crippen molar-refractivity contribution < 1.29 is 14.3 Å². The lowest BCUT2D eigenvalue weighted by atomic mass is 10.1. The molecule has 0 radical (unpaired) electrons. The first-order valence-electron chi connectivity index (χ1n) is 8.33. The molecular weight excluding hydrogens is 330 g/mol. The molecule has 0 amide bonds. The van der Waals surface area contributed by atoms with Gasteiger partial charge in [-0.25, -0.2) is 0 Å². The number of aryl methyl sites for hydroxylation is 1. The lowest BCUT2D eigenvalue weighted by Gasteiger charge is -2.03. The van der Waals surface area contributed by atoms with E-state index in [4.69, 9.17) is 14.9 Å². The molecule has 0 spiro atoms. The topological polar surface area (TPSA) is 69.2 Å². The van der Waals surface area contributed by atoms with E-state index in [1.54, 1.807) is 9.13 Å². The summed E-state index contributed by atoms with van der Waals surface area (Å²) < 4.78 is 14.2. The molecule has 132 valence electrons. The van der Waals surface area contributed by atoms with E-state index in [-0.39, 0.29) is 24.7 Å². The van der Waals surface area contributed by atoms with Crippen LogP contribution in [-0.4, -0.2) is 21.7 Å². The molecule has 1 aromatic heterocycles. The van der Waals surface area contributed by atoms with Crippen molar-refractivity contribution in [1.82, 2.24) is 9.13 Å². The third kappa shape index (κ3) is 2.79. The maximum atomic E-state index is 12.5. The van der Waals surface area contributed by atoms with Crippen LogP contribution in [0.25, 0.3) is 11.3 Å². The van der Waals surface area contributed by atoms with Crippen molar-refractivity contribution in [3.63, 3.8) is 0 Å². The Morgan fingerprint density at radius 2 is 1.85 bits per heavy atom. The average Bonchev–Trinajstić information content (AvgIpc) is 3.21. The van der Waals surface area contributed by atoms with Gasteiger partial charge in [-0.2, -0.15) is 0 Å². The molecular formula is C20H19N3O3. The number of ether oxygens (including phenoxy) is 2. The van der Waals surface area contributed by atoms with Crippen LogP contribution in [0, 0.1) is 12.3 Å². The number of rotatable bonds is 4. The third-order valence-corrected chi connectivity index (χ3v) is 4.59. The number of carbonyl (C=O) groups excluding carboxylic acids is 1. The monoisotopic (exact) mass is 349 g/mol. The maximum absolute atomic E-state index is 12.5. The van der Waals surface area contributed by atoms with Crippen LogP contribution in [0.15, 0.2) is 48.7 Å². The predicted octanol–water partition coefficient (Wildman–Crippen LogP) is 2.89. The zero-order valence-electron chi connectivity index (χ0n) is 14.7. The van der Waals surface area contributed by atoms with Crippen LogP contribution in [0.4, 0.5) is 0 Å². The molecule has 26 heavy (non-hydrogen) atoms. The second-order valence-electron chi connectivity index (χ2n) is 6.38. The van der Waals surface area contributed by atoms with Crippen molar-refractivity contribution in [3.05, 3.63) is 65.4 Å². The summed E-state index contributed by atoms with van der Waals surface area (Å²) in [6.45, 7) is 2.33. The summed E-state index contributed by atoms with van der Waals surface area (Å²) >= 11 is 0. The van der Waals surface area contributed by atoms with Crippen molar-refractivity contribution in [2.45, 2.75) is 13.5 Å². The molecule has 0 fully saturated rings. The number of fused-ring (bicyclic) bond motifs is 1. The van der Waals surface area contributed by atoms with E-state index >= 15 is 0 Å². The van der Waals surface area contributed by atoms with Crippen molar-refractivity contribution in [1.29, 1.82) is 5.41 Å². The van der Waals surface area contributed by atoms with Crippen LogP contribution in [-0.2, 0) is 13.6 Å². The molecule has 0 aliphatic carbocycles. The van der Waals surface area contributed by atoms with E-state index in [0.29, 0.717) is 11.3 Å². The number of nitrogens with one attached hydrogen (secondary N) is 1. The highest BCUT2D eigenvalue weighted by molar-refractivity contribution is 5.95. The summed E-state index contributed by atoms with van der Waals surface area (Å²) in [5.74, 6) is 1.39. The van der Waals surface area contributed by atoms with Gasteiger partial charge in [0.25, 0.3) is 0 Å². The average molecular weight is 349 g/mol. The molecule has 0 saturated carbocycles. The van der Waals surface area contributed by atoms with Crippen LogP contribution in [0.1, 0.15) is 15.9 Å². The van der Waals surface area contributed by atoms with Crippen molar-refractivity contribution in [3.8, 4) is 22.8 Å². The molecule has 6 heteroatoms. The molecule has 3 aromatic rings. The smallest absolute Gasteiger partial charge is 0.231 e. The maximum Gasteiger partial charge on any atom is 0.231 e. The van der Waals surface area contributed by atoms with Crippen LogP contribution in [0.2, 0.25) is 0 Å². The van der Waals surface area contributed by atoms with E-state index in [1.807, 2.05) is 62.6 Å². The standard InChI is InChI=1S/C20H19N3O3/c1-13-3-5-14(6-4-13)17(24)11-23-10-16(22(2)20(23)21)15-7-8-18-19(9-15)26-12-25-18/h3-10,21H,11-12H2,1-2H3. The minimum Gasteiger partial charge on any atom is -0.454 e. The first-order chi connectivity index (χ1) is 12.5. The molecule has 0 unspecified atom stereocenters. The minimum absolute atomic E-state index is 0.0219. The molecule has 0 atom stereocenters. The second-order valence-corrected chi connectivity index (χ2v) is 6.38. The number of ketones is 1. The van der Waals surface area contributed by atoms with Crippen LogP contribution >= 0.6 is 0 Å². The quantitative estimate of drug-likeness (QED) is 0.737. The van der Waals surface area contributed by atoms with Crippen molar-refractivity contribution >= 4 is 5.78 Å². The Morgan fingerprint density at radius 1 is 1.12 bits per heavy atom. The van der Waals surface area contributed by atoms with Gasteiger partial charge < -0.3 is 18.6 Å². The molecule has 4 rings (SSSR count). The van der Waals surface area contributed by atoms with Gasteiger partial charge in [0, 0.05) is 24.4 Å². The van der Waals surface area contributed by atoms with Crippen LogP contribution in [0.3, 0.4) is 0 Å². The van der Waals surface area contributed by atoms with E-state index in [9.17, 15) is 4.79 Å². The number of nitrogens with zero attached hydrogens (tertiary/aromatic N) is 2. The molecule has 0 saturated heterocycles. The summed E-state index contributed by atoms with van der Waals surface area (Å²) in [5, 5.41) is 8.33. The van der Waals surface area contributed by atoms with Gasteiger partial charge in [-0.1, -0.05) is 29.8 Å². The number of hydrogen-bond acceptors (Lipinski definition) is 4. The predicted molar refractivity (Wildman–Crippen MR) is 96.3 cm³/mol. The zero-order valence-corrected chi connectivity index (χ0v) is 14.7. The number of aromatic nitrogens is 2. The van der Waals surface area contributed by atoms with Gasteiger partial charge in [-0.3, -0.25) is 10.2 Å². The van der Waals surface area contributed by atoms with Crippen molar-refractivity contribution in [2.75, 3.05) is 6.79 Å². The van der Waals surface area contributed by atoms with Gasteiger partial charge >= 0.3 is 0 Å². The third-order valence-electron chi connectivity index (χ3n) is 4.59. The number of imidazole rings is 1. The van der Waals surface area contributed by atoms with E-state index in [1.165, 1.54) is 0 Å². The van der Waals surface area contributed by atoms with Gasteiger partial charge in [0.15, 0.2) is 17.3 Å². The molecule has 1 N–H and O–H groups in total. The van der Waals surface area contributed by atoms with Crippen LogP contribution < -0.4 is 15.1 Å². The molecule has 2 aromatic carbocycles. The number of carbonyl (C=O) groups is 1. The highest BCUT2D eigenvalue weighted by Crippen LogP contribution is 2.35. The van der Waals surface area contributed by atoms with Gasteiger partial charge in [0.05, 0.1) is 12.2 Å². The Hall–Kier alpha value is -3.28. The van der Waals surface area contributed by atoms with Gasteiger partial charge in [0.1, 0.15) is 0 Å². The number of Topliss-reactive ketones (excluding diaryl/α,β-unsaturated/α-hetero) is 1. The number of hydrogen-bond donors (Lipinski definition) is 1. The normalized spacial score (nSPS) is 12.4. The largest absolute Gasteiger partial charge is 0.454 e. The Morgan fingerprint density at radius 3 is 2.62 bits per heavy atom. The summed E-state index contributed by atoms with van der Waals surface area (Å²) in [4.78, 5) is 12.5. The molecule has 2 heterocycles. The van der Waals surface area contributed by atoms with E-state index in [0.717, 1.165) is 22.6 Å². The Labute approximate surface area is 150 Å². The SMILES string of the molecule is Cc1ccc(C(=O)Cn2cc(-c3ccc4c(c3)OCO4)n(C)c2=N)cc1. The summed E-state index contributed by atoms with van der Waals surface area (Å²) in [5.41, 5.74) is 3.77. The zero-order chi connectivity index (χ0) is 18.3. The second kappa shape index (κ2) is 6.22. The van der Waals surface area contributed by atoms with E-state index < -0.39 is 0 Å². The fourth-order valence-electron chi connectivity index (χ4n) is 3.03. The Bertz CT molecular complexity index is 1050. The van der Waals surface area contributed by atoms with E-state index in [2.05, 4.69) is 0 Å². The van der Waals surface area contributed by atoms with Gasteiger partial charge in [-0.05, 0) is 25.1 Å². The fourth-order valence-corrected chi connectivity index (χ4v) is 3.03. The summed E-state index contributed by atoms with van der Waals surface area (Å²) in [6.07, 6.45) is 1.83. The molecule has 0 bridgehead atoms. The van der Waals surface area contributed by atoms with Gasteiger partial charge in [0.2, 0.25) is 12.4 Å². The van der Waals surface area contributed by atoms with Crippen molar-refractivity contribution in [2.24, 2.45) is 7.05 Å². The Kier molecular flexibility index (Phi) is 3.88. The first-order valence-corrected chi connectivity index (χ1v) is 8.33. The lowest BCUT2D eigenvalue weighted by molar-refractivity contribution is 0.0970. The lowest BCUT2D eigenvalue weighted by Crippen LogP contribution is -2.25. The van der Waals surface area contributed by atoms with Gasteiger partial charge in [-0.15, -0.1) is 0 Å². The highest BCUT2D eigenvalue weighted by atomic mass is 16.7. The molecule has 6 nitrogen and oxygen atoms in total. The molecule has 1 aliphatic rings. The highest BCUT2D eigenvalue weighted by Gasteiger charge is 2.17. The molecule has 1 aliphatic heterocycles.